The summed E-state index contributed by atoms with van der Waals surface area (Å²) < 4.78 is 0. The number of benzene rings is 1. The van der Waals surface area contributed by atoms with Crippen molar-refractivity contribution in [1.82, 2.24) is 5.32 Å². The van der Waals surface area contributed by atoms with Crippen molar-refractivity contribution in [3.05, 3.63) is 34.9 Å². The molecule has 1 rings (SSSR count). The first kappa shape index (κ1) is 15.4. The Morgan fingerprint density at radius 1 is 1.22 bits per heavy atom. The Balaban J connectivity index is 2.50. The molecule has 1 aromatic rings. The van der Waals surface area contributed by atoms with E-state index in [1.54, 1.807) is 12.1 Å². The van der Waals surface area contributed by atoms with Crippen molar-refractivity contribution in [1.29, 1.82) is 0 Å². The van der Waals surface area contributed by atoms with Gasteiger partial charge in [-0.25, -0.2) is 0 Å². The molecule has 0 aliphatic carbocycles. The zero-order valence-corrected chi connectivity index (χ0v) is 11.7. The number of hydrogen-bond donors (Lipinski definition) is 3. The summed E-state index contributed by atoms with van der Waals surface area (Å²) in [7, 11) is 0. The van der Waals surface area contributed by atoms with Crippen molar-refractivity contribution in [2.45, 2.75) is 44.9 Å². The van der Waals surface area contributed by atoms with Crippen LogP contribution in [0.5, 0.6) is 0 Å². The first-order valence-electron chi connectivity index (χ1n) is 6.35. The molecule has 0 aliphatic heterocycles. The molecule has 102 valence electrons. The van der Waals surface area contributed by atoms with Crippen LogP contribution in [0.15, 0.2) is 24.3 Å². The summed E-state index contributed by atoms with van der Waals surface area (Å²) in [5.74, 6) is 0. The van der Waals surface area contributed by atoms with Gasteiger partial charge in [0.05, 0.1) is 6.10 Å². The van der Waals surface area contributed by atoms with Gasteiger partial charge in [-0.05, 0) is 44.4 Å². The maximum atomic E-state index is 10.2. The molecule has 0 amide bonds. The van der Waals surface area contributed by atoms with Gasteiger partial charge in [-0.3, -0.25) is 0 Å². The van der Waals surface area contributed by atoms with E-state index in [0.717, 1.165) is 18.4 Å². The van der Waals surface area contributed by atoms with Crippen LogP contribution in [0.25, 0.3) is 0 Å². The maximum Gasteiger partial charge on any atom is 0.0940 e. The van der Waals surface area contributed by atoms with E-state index in [9.17, 15) is 5.11 Å². The van der Waals surface area contributed by atoms with Crippen LogP contribution in [0.3, 0.4) is 0 Å². The molecule has 3 unspecified atom stereocenters. The summed E-state index contributed by atoms with van der Waals surface area (Å²) in [6, 6.07) is 7.46. The second-order valence-electron chi connectivity index (χ2n) is 4.72. The van der Waals surface area contributed by atoms with Crippen LogP contribution >= 0.6 is 11.6 Å². The molecule has 0 heterocycles. The lowest BCUT2D eigenvalue weighted by molar-refractivity contribution is 0.129. The standard InChI is InChI=1S/C14H22ClNO2/c1-10(4-3-9-17)16-11(2)14(18)12-5-7-13(15)8-6-12/h5-8,10-11,14,16-18H,3-4,9H2,1-2H3. The fourth-order valence-corrected chi connectivity index (χ4v) is 2.10. The zero-order chi connectivity index (χ0) is 13.5. The molecule has 18 heavy (non-hydrogen) atoms. The summed E-state index contributed by atoms with van der Waals surface area (Å²) in [6.07, 6.45) is 1.12. The molecule has 1 aromatic carbocycles. The van der Waals surface area contributed by atoms with Gasteiger partial charge in [-0.15, -0.1) is 0 Å². The minimum Gasteiger partial charge on any atom is -0.396 e. The van der Waals surface area contributed by atoms with Crippen molar-refractivity contribution in [3.8, 4) is 0 Å². The molecule has 3 N–H and O–H groups in total. The highest BCUT2D eigenvalue weighted by atomic mass is 35.5. The highest BCUT2D eigenvalue weighted by Gasteiger charge is 2.17. The van der Waals surface area contributed by atoms with E-state index in [1.807, 2.05) is 19.1 Å². The van der Waals surface area contributed by atoms with Gasteiger partial charge in [-0.1, -0.05) is 23.7 Å². The van der Waals surface area contributed by atoms with Crippen LogP contribution in [0.4, 0.5) is 0 Å². The van der Waals surface area contributed by atoms with Gasteiger partial charge in [0.15, 0.2) is 0 Å². The molecule has 0 saturated heterocycles. The zero-order valence-electron chi connectivity index (χ0n) is 10.9. The second-order valence-corrected chi connectivity index (χ2v) is 5.16. The monoisotopic (exact) mass is 271 g/mol. The summed E-state index contributed by atoms with van der Waals surface area (Å²) in [5, 5.41) is 23.0. The minimum absolute atomic E-state index is 0.0418. The second kappa shape index (κ2) is 7.74. The molecule has 0 aliphatic rings. The van der Waals surface area contributed by atoms with Crippen LogP contribution < -0.4 is 5.32 Å². The van der Waals surface area contributed by atoms with Gasteiger partial charge in [0.1, 0.15) is 0 Å². The lowest BCUT2D eigenvalue weighted by Crippen LogP contribution is -2.38. The third-order valence-electron chi connectivity index (χ3n) is 3.03. The number of nitrogens with one attached hydrogen (secondary N) is 1. The average Bonchev–Trinajstić information content (AvgIpc) is 2.36. The van der Waals surface area contributed by atoms with Crippen LogP contribution in [0, 0.1) is 0 Å². The van der Waals surface area contributed by atoms with Gasteiger partial charge in [0, 0.05) is 23.7 Å². The molecule has 0 radical (unpaired) electrons. The quantitative estimate of drug-likeness (QED) is 0.714. The van der Waals surface area contributed by atoms with E-state index in [1.165, 1.54) is 0 Å². The topological polar surface area (TPSA) is 52.5 Å². The molecule has 0 saturated carbocycles. The van der Waals surface area contributed by atoms with Crippen molar-refractivity contribution in [2.24, 2.45) is 0 Å². The van der Waals surface area contributed by atoms with Crippen LogP contribution in [-0.2, 0) is 0 Å². The predicted octanol–water partition coefficient (Wildman–Crippen LogP) is 2.51. The smallest absolute Gasteiger partial charge is 0.0940 e. The van der Waals surface area contributed by atoms with E-state index in [2.05, 4.69) is 12.2 Å². The Morgan fingerprint density at radius 3 is 2.39 bits per heavy atom. The Morgan fingerprint density at radius 2 is 1.83 bits per heavy atom. The van der Waals surface area contributed by atoms with Gasteiger partial charge in [0.25, 0.3) is 0 Å². The Kier molecular flexibility index (Phi) is 6.65. The van der Waals surface area contributed by atoms with Crippen molar-refractivity contribution in [3.63, 3.8) is 0 Å². The molecule has 0 fully saturated rings. The number of halogens is 1. The Hall–Kier alpha value is -0.610. The highest BCUT2D eigenvalue weighted by Crippen LogP contribution is 2.19. The molecule has 0 bridgehead atoms. The number of aliphatic hydroxyl groups excluding tert-OH is 2. The average molecular weight is 272 g/mol. The lowest BCUT2D eigenvalue weighted by Gasteiger charge is -2.24. The van der Waals surface area contributed by atoms with Crippen molar-refractivity contribution < 1.29 is 10.2 Å². The summed E-state index contributed by atoms with van der Waals surface area (Å²) in [4.78, 5) is 0. The van der Waals surface area contributed by atoms with Gasteiger partial charge < -0.3 is 15.5 Å². The SMILES string of the molecule is CC(CCCO)NC(C)C(O)c1ccc(Cl)cc1. The predicted molar refractivity (Wildman–Crippen MR) is 74.8 cm³/mol. The van der Waals surface area contributed by atoms with Crippen LogP contribution in [0.1, 0.15) is 38.4 Å². The molecule has 3 atom stereocenters. The lowest BCUT2D eigenvalue weighted by atomic mass is 10.0. The molecular formula is C14H22ClNO2. The summed E-state index contributed by atoms with van der Waals surface area (Å²) in [5.41, 5.74) is 0.855. The fourth-order valence-electron chi connectivity index (χ4n) is 1.97. The molecule has 3 nitrogen and oxygen atoms in total. The van der Waals surface area contributed by atoms with E-state index in [-0.39, 0.29) is 18.7 Å². The maximum absolute atomic E-state index is 10.2. The van der Waals surface area contributed by atoms with Crippen LogP contribution in [0.2, 0.25) is 5.02 Å². The van der Waals surface area contributed by atoms with Crippen molar-refractivity contribution >= 4 is 11.6 Å². The molecule has 0 spiro atoms. The highest BCUT2D eigenvalue weighted by molar-refractivity contribution is 6.30. The first-order valence-corrected chi connectivity index (χ1v) is 6.73. The Labute approximate surface area is 114 Å². The molecular weight excluding hydrogens is 250 g/mol. The first-order chi connectivity index (χ1) is 8.54. The Bertz CT molecular complexity index is 342. The minimum atomic E-state index is -0.557. The molecule has 0 aromatic heterocycles. The van der Waals surface area contributed by atoms with Gasteiger partial charge >= 0.3 is 0 Å². The fraction of sp³-hybridized carbons (Fsp3) is 0.571. The molecule has 4 heteroatoms. The van der Waals surface area contributed by atoms with Crippen molar-refractivity contribution in [2.75, 3.05) is 6.61 Å². The van der Waals surface area contributed by atoms with Crippen LogP contribution in [-0.4, -0.2) is 28.9 Å². The number of rotatable bonds is 7. The van der Waals surface area contributed by atoms with Gasteiger partial charge in [-0.2, -0.15) is 0 Å². The number of aliphatic hydroxyl groups is 2. The largest absolute Gasteiger partial charge is 0.396 e. The van der Waals surface area contributed by atoms with E-state index < -0.39 is 6.10 Å². The van der Waals surface area contributed by atoms with Gasteiger partial charge in [0.2, 0.25) is 0 Å². The number of hydrogen-bond acceptors (Lipinski definition) is 3. The normalized spacial score (nSPS) is 16.3. The van der Waals surface area contributed by atoms with E-state index in [4.69, 9.17) is 16.7 Å². The third-order valence-corrected chi connectivity index (χ3v) is 3.28. The van der Waals surface area contributed by atoms with E-state index >= 15 is 0 Å². The third kappa shape index (κ3) is 4.94. The summed E-state index contributed by atoms with van der Waals surface area (Å²) in [6.45, 7) is 4.22. The van der Waals surface area contributed by atoms with E-state index in [0.29, 0.717) is 5.02 Å². The summed E-state index contributed by atoms with van der Waals surface area (Å²) >= 11 is 5.82.